The van der Waals surface area contributed by atoms with E-state index in [1.165, 1.54) is 0 Å². The summed E-state index contributed by atoms with van der Waals surface area (Å²) in [4.78, 5) is 0.367. The number of hydrogen-bond acceptors (Lipinski definition) is 3. The lowest BCUT2D eigenvalue weighted by atomic mass is 9.89. The van der Waals surface area contributed by atoms with Crippen molar-refractivity contribution >= 4 is 10.0 Å². The van der Waals surface area contributed by atoms with E-state index in [0.717, 1.165) is 23.3 Å². The smallest absolute Gasteiger partial charge is 0.243 e. The third-order valence-electron chi connectivity index (χ3n) is 5.05. The predicted octanol–water partition coefficient (Wildman–Crippen LogP) is 4.04. The van der Waals surface area contributed by atoms with Crippen molar-refractivity contribution in [3.63, 3.8) is 0 Å². The zero-order valence-electron chi connectivity index (χ0n) is 15.9. The summed E-state index contributed by atoms with van der Waals surface area (Å²) >= 11 is 0. The summed E-state index contributed by atoms with van der Waals surface area (Å²) in [6.45, 7) is 6.75. The summed E-state index contributed by atoms with van der Waals surface area (Å²) in [6, 6.07) is 14.9. The van der Waals surface area contributed by atoms with Crippen LogP contribution in [0.1, 0.15) is 31.4 Å². The minimum Gasteiger partial charge on any atom is -0.496 e. The highest BCUT2D eigenvalue weighted by Gasteiger charge is 2.44. The van der Waals surface area contributed by atoms with Gasteiger partial charge in [-0.2, -0.15) is 4.31 Å². The fourth-order valence-corrected chi connectivity index (χ4v) is 5.59. The van der Waals surface area contributed by atoms with Gasteiger partial charge in [-0.15, -0.1) is 0 Å². The van der Waals surface area contributed by atoms with Crippen LogP contribution < -0.4 is 4.74 Å². The lowest BCUT2D eigenvalue weighted by molar-refractivity contribution is 0.362. The van der Waals surface area contributed by atoms with Gasteiger partial charge in [-0.1, -0.05) is 49.7 Å². The van der Waals surface area contributed by atoms with Gasteiger partial charge in [0, 0.05) is 12.6 Å². The molecule has 1 atom stereocenters. The molecule has 0 amide bonds. The first-order valence-electron chi connectivity index (χ1n) is 8.93. The van der Waals surface area contributed by atoms with E-state index in [1.807, 2.05) is 43.3 Å². The maximum absolute atomic E-state index is 13.3. The van der Waals surface area contributed by atoms with Gasteiger partial charge in [0.1, 0.15) is 5.75 Å². The molecule has 0 spiro atoms. The van der Waals surface area contributed by atoms with Crippen molar-refractivity contribution in [2.45, 2.75) is 44.6 Å². The van der Waals surface area contributed by atoms with Gasteiger partial charge >= 0.3 is 0 Å². The van der Waals surface area contributed by atoms with Gasteiger partial charge in [-0.25, -0.2) is 8.42 Å². The number of rotatable bonds is 5. The Morgan fingerprint density at radius 3 is 2.42 bits per heavy atom. The molecule has 1 fully saturated rings. The first kappa shape index (κ1) is 18.9. The standard InChI is InChI=1S/C21H27NO3S/c1-16-9-11-19(12-10-16)26(23,24)22-15-21(2,3)14-18(22)13-17-7-5-6-8-20(17)25-4/h5-12,18H,13-15H2,1-4H3. The van der Waals surface area contributed by atoms with Gasteiger partial charge in [-0.05, 0) is 48.9 Å². The molecule has 1 saturated heterocycles. The van der Waals surface area contributed by atoms with E-state index in [1.54, 1.807) is 23.5 Å². The molecule has 2 aromatic rings. The van der Waals surface area contributed by atoms with Gasteiger partial charge in [0.15, 0.2) is 0 Å². The molecule has 3 rings (SSSR count). The molecule has 1 heterocycles. The molecule has 5 heteroatoms. The summed E-state index contributed by atoms with van der Waals surface area (Å²) in [5.41, 5.74) is 2.04. The zero-order valence-corrected chi connectivity index (χ0v) is 16.7. The summed E-state index contributed by atoms with van der Waals surface area (Å²) < 4.78 is 33.7. The van der Waals surface area contributed by atoms with Crippen LogP contribution in [0.4, 0.5) is 0 Å². The van der Waals surface area contributed by atoms with E-state index < -0.39 is 10.0 Å². The second kappa shape index (κ2) is 7.05. The average molecular weight is 374 g/mol. The third kappa shape index (κ3) is 3.79. The summed E-state index contributed by atoms with van der Waals surface area (Å²) in [6.07, 6.45) is 1.48. The normalized spacial score (nSPS) is 20.2. The van der Waals surface area contributed by atoms with Crippen molar-refractivity contribution in [3.8, 4) is 5.75 Å². The maximum Gasteiger partial charge on any atom is 0.243 e. The zero-order chi connectivity index (χ0) is 18.9. The molecule has 1 aliphatic heterocycles. The second-order valence-electron chi connectivity index (χ2n) is 7.90. The summed E-state index contributed by atoms with van der Waals surface area (Å²) in [5.74, 6) is 0.810. The Hall–Kier alpha value is -1.85. The Balaban J connectivity index is 1.94. The van der Waals surface area contributed by atoms with Crippen molar-refractivity contribution in [1.82, 2.24) is 4.31 Å². The summed E-state index contributed by atoms with van der Waals surface area (Å²) in [5, 5.41) is 0. The molecule has 0 aliphatic carbocycles. The van der Waals surface area contributed by atoms with E-state index in [-0.39, 0.29) is 11.5 Å². The van der Waals surface area contributed by atoms with Crippen molar-refractivity contribution in [2.24, 2.45) is 5.41 Å². The Kier molecular flexibility index (Phi) is 5.13. The fourth-order valence-electron chi connectivity index (χ4n) is 3.78. The molecule has 1 aliphatic rings. The highest BCUT2D eigenvalue weighted by Crippen LogP contribution is 2.39. The van der Waals surface area contributed by atoms with E-state index in [0.29, 0.717) is 17.9 Å². The highest BCUT2D eigenvalue weighted by atomic mass is 32.2. The SMILES string of the molecule is COc1ccccc1CC1CC(C)(C)CN1S(=O)(=O)c1ccc(C)cc1. The van der Waals surface area contributed by atoms with E-state index >= 15 is 0 Å². The largest absolute Gasteiger partial charge is 0.496 e. The Morgan fingerprint density at radius 1 is 1.12 bits per heavy atom. The van der Waals surface area contributed by atoms with Crippen molar-refractivity contribution < 1.29 is 13.2 Å². The molecule has 4 nitrogen and oxygen atoms in total. The number of aryl methyl sites for hydroxylation is 1. The number of ether oxygens (including phenoxy) is 1. The lowest BCUT2D eigenvalue weighted by Crippen LogP contribution is -2.37. The van der Waals surface area contributed by atoms with E-state index in [9.17, 15) is 8.42 Å². The van der Waals surface area contributed by atoms with Crippen LogP contribution in [0, 0.1) is 12.3 Å². The van der Waals surface area contributed by atoms with Gasteiger partial charge in [0.2, 0.25) is 10.0 Å². The van der Waals surface area contributed by atoms with Crippen LogP contribution in [0.2, 0.25) is 0 Å². The molecular weight excluding hydrogens is 346 g/mol. The number of nitrogens with zero attached hydrogens (tertiary/aromatic N) is 1. The van der Waals surface area contributed by atoms with Gasteiger partial charge in [-0.3, -0.25) is 0 Å². The summed E-state index contributed by atoms with van der Waals surface area (Å²) in [7, 11) is -1.87. The van der Waals surface area contributed by atoms with Crippen LogP contribution in [-0.2, 0) is 16.4 Å². The van der Waals surface area contributed by atoms with Gasteiger partial charge in [0.05, 0.1) is 12.0 Å². The molecule has 0 saturated carbocycles. The molecule has 0 bridgehead atoms. The van der Waals surface area contributed by atoms with E-state index in [2.05, 4.69) is 13.8 Å². The van der Waals surface area contributed by atoms with Crippen molar-refractivity contribution in [3.05, 3.63) is 59.7 Å². The molecule has 0 radical (unpaired) electrons. The minimum atomic E-state index is -3.52. The molecule has 0 N–H and O–H groups in total. The van der Waals surface area contributed by atoms with Crippen LogP contribution in [0.25, 0.3) is 0 Å². The first-order valence-corrected chi connectivity index (χ1v) is 10.4. The molecule has 26 heavy (non-hydrogen) atoms. The lowest BCUT2D eigenvalue weighted by Gasteiger charge is -2.25. The number of benzene rings is 2. The average Bonchev–Trinajstić information content (AvgIpc) is 2.91. The fraction of sp³-hybridized carbons (Fsp3) is 0.429. The van der Waals surface area contributed by atoms with Crippen LogP contribution in [0.3, 0.4) is 0 Å². The number of para-hydroxylation sites is 1. The Labute approximate surface area is 156 Å². The topological polar surface area (TPSA) is 46.6 Å². The Bertz CT molecular complexity index is 872. The molecule has 0 aromatic heterocycles. The highest BCUT2D eigenvalue weighted by molar-refractivity contribution is 7.89. The third-order valence-corrected chi connectivity index (χ3v) is 6.97. The first-order chi connectivity index (χ1) is 12.2. The quantitative estimate of drug-likeness (QED) is 0.795. The van der Waals surface area contributed by atoms with Crippen LogP contribution in [0.5, 0.6) is 5.75 Å². The minimum absolute atomic E-state index is 0.0511. The molecular formula is C21H27NO3S. The molecule has 140 valence electrons. The van der Waals surface area contributed by atoms with Crippen LogP contribution >= 0.6 is 0 Å². The maximum atomic E-state index is 13.3. The second-order valence-corrected chi connectivity index (χ2v) is 9.79. The number of hydrogen-bond donors (Lipinski definition) is 0. The predicted molar refractivity (Wildman–Crippen MR) is 104 cm³/mol. The molecule has 1 unspecified atom stereocenters. The van der Waals surface area contributed by atoms with Crippen molar-refractivity contribution in [2.75, 3.05) is 13.7 Å². The number of methoxy groups -OCH3 is 1. The van der Waals surface area contributed by atoms with Crippen LogP contribution in [0.15, 0.2) is 53.4 Å². The van der Waals surface area contributed by atoms with Crippen LogP contribution in [-0.4, -0.2) is 32.4 Å². The monoisotopic (exact) mass is 373 g/mol. The van der Waals surface area contributed by atoms with Gasteiger partial charge < -0.3 is 4.74 Å². The Morgan fingerprint density at radius 2 is 1.77 bits per heavy atom. The van der Waals surface area contributed by atoms with E-state index in [4.69, 9.17) is 4.74 Å². The number of sulfonamides is 1. The van der Waals surface area contributed by atoms with Crippen molar-refractivity contribution in [1.29, 1.82) is 0 Å². The van der Waals surface area contributed by atoms with Gasteiger partial charge in [0.25, 0.3) is 0 Å². The molecule has 2 aromatic carbocycles.